The lowest BCUT2D eigenvalue weighted by Crippen LogP contribution is -2.44. The van der Waals surface area contributed by atoms with E-state index in [-0.39, 0.29) is 11.2 Å². The van der Waals surface area contributed by atoms with Crippen LogP contribution in [0.5, 0.6) is 5.75 Å². The van der Waals surface area contributed by atoms with Crippen LogP contribution < -0.4 is 10.5 Å². The summed E-state index contributed by atoms with van der Waals surface area (Å²) >= 11 is 0. The van der Waals surface area contributed by atoms with E-state index in [1.165, 1.54) is 0 Å². The molecule has 0 heterocycles. The van der Waals surface area contributed by atoms with E-state index in [1.807, 2.05) is 26.8 Å². The first-order chi connectivity index (χ1) is 8.96. The Labute approximate surface area is 115 Å². The second-order valence-electron chi connectivity index (χ2n) is 5.69. The first-order valence-electron chi connectivity index (χ1n) is 6.86. The average molecular weight is 261 g/mol. The molecule has 0 spiro atoms. The van der Waals surface area contributed by atoms with Crippen LogP contribution in [0.3, 0.4) is 0 Å². The number of nitrogens with two attached hydrogens (primary N) is 1. The molecular formula is C16H23NO2. The summed E-state index contributed by atoms with van der Waals surface area (Å²) in [5, 5.41) is 0. The van der Waals surface area contributed by atoms with Crippen LogP contribution in [0.25, 0.3) is 0 Å². The van der Waals surface area contributed by atoms with Crippen molar-refractivity contribution < 1.29 is 9.53 Å². The Morgan fingerprint density at radius 1 is 1.32 bits per heavy atom. The van der Waals surface area contributed by atoms with Crippen LogP contribution in [0.2, 0.25) is 0 Å². The molecular weight excluding hydrogens is 238 g/mol. The minimum Gasteiger partial charge on any atom is -0.496 e. The number of hydrogen-bond donors (Lipinski definition) is 1. The van der Waals surface area contributed by atoms with Crippen LogP contribution >= 0.6 is 0 Å². The maximum atomic E-state index is 12.8. The Morgan fingerprint density at radius 3 is 2.37 bits per heavy atom. The van der Waals surface area contributed by atoms with Crippen molar-refractivity contribution in [1.82, 2.24) is 0 Å². The summed E-state index contributed by atoms with van der Waals surface area (Å²) in [6.45, 7) is 6.44. The van der Waals surface area contributed by atoms with Gasteiger partial charge in [-0.1, -0.05) is 6.42 Å². The molecule has 19 heavy (non-hydrogen) atoms. The van der Waals surface area contributed by atoms with E-state index in [2.05, 4.69) is 0 Å². The van der Waals surface area contributed by atoms with E-state index in [0.29, 0.717) is 6.54 Å². The molecule has 104 valence electrons. The number of methoxy groups -OCH3 is 1. The largest absolute Gasteiger partial charge is 0.496 e. The average Bonchev–Trinajstić information content (AvgIpc) is 2.33. The van der Waals surface area contributed by atoms with Gasteiger partial charge in [0.05, 0.1) is 7.11 Å². The van der Waals surface area contributed by atoms with Gasteiger partial charge in [-0.2, -0.15) is 0 Å². The lowest BCUT2D eigenvalue weighted by molar-refractivity contribution is 0.0635. The minimum atomic E-state index is -0.307. The molecule has 0 saturated heterocycles. The molecule has 0 unspecified atom stereocenters. The molecule has 0 bridgehead atoms. The Kier molecular flexibility index (Phi) is 3.68. The number of ether oxygens (including phenoxy) is 1. The monoisotopic (exact) mass is 261 g/mol. The number of benzene rings is 1. The predicted molar refractivity (Wildman–Crippen MR) is 76.9 cm³/mol. The first-order valence-corrected chi connectivity index (χ1v) is 6.86. The Balaban J connectivity index is 2.49. The van der Waals surface area contributed by atoms with Crippen molar-refractivity contribution >= 4 is 5.78 Å². The first kappa shape index (κ1) is 14.1. The van der Waals surface area contributed by atoms with Crippen molar-refractivity contribution in [2.45, 2.75) is 40.0 Å². The molecule has 1 aliphatic carbocycles. The van der Waals surface area contributed by atoms with E-state index < -0.39 is 0 Å². The molecule has 2 rings (SSSR count). The summed E-state index contributed by atoms with van der Waals surface area (Å²) in [6, 6.07) is 1.96. The molecule has 0 amide bonds. The van der Waals surface area contributed by atoms with Crippen molar-refractivity contribution in [1.29, 1.82) is 0 Å². The fraction of sp³-hybridized carbons (Fsp3) is 0.562. The molecule has 1 aliphatic rings. The minimum absolute atomic E-state index is 0.215. The quantitative estimate of drug-likeness (QED) is 0.848. The van der Waals surface area contributed by atoms with Gasteiger partial charge in [0.2, 0.25) is 0 Å². The molecule has 1 saturated carbocycles. The third kappa shape index (κ3) is 2.06. The lowest BCUT2D eigenvalue weighted by Gasteiger charge is -2.39. The van der Waals surface area contributed by atoms with E-state index in [9.17, 15) is 4.79 Å². The zero-order valence-corrected chi connectivity index (χ0v) is 12.3. The molecule has 0 atom stereocenters. The topological polar surface area (TPSA) is 52.3 Å². The second-order valence-corrected chi connectivity index (χ2v) is 5.69. The van der Waals surface area contributed by atoms with Gasteiger partial charge >= 0.3 is 0 Å². The van der Waals surface area contributed by atoms with Crippen LogP contribution in [0.4, 0.5) is 0 Å². The second kappa shape index (κ2) is 4.97. The summed E-state index contributed by atoms with van der Waals surface area (Å²) in [6.07, 6.45) is 2.95. The SMILES string of the molecule is COc1c(C)cc(C(=O)C2(CN)CCC2)c(C)c1C. The van der Waals surface area contributed by atoms with Crippen molar-refractivity contribution in [3.05, 3.63) is 28.3 Å². The summed E-state index contributed by atoms with van der Waals surface area (Å²) in [5.74, 6) is 1.09. The third-order valence-corrected chi connectivity index (χ3v) is 4.66. The van der Waals surface area contributed by atoms with Crippen LogP contribution in [0, 0.1) is 26.2 Å². The van der Waals surface area contributed by atoms with Crippen LogP contribution in [-0.2, 0) is 0 Å². The zero-order valence-electron chi connectivity index (χ0n) is 12.3. The van der Waals surface area contributed by atoms with Crippen molar-refractivity contribution in [3.8, 4) is 5.75 Å². The number of rotatable bonds is 4. The molecule has 1 aromatic rings. The van der Waals surface area contributed by atoms with Crippen molar-refractivity contribution in [3.63, 3.8) is 0 Å². The van der Waals surface area contributed by atoms with Crippen molar-refractivity contribution in [2.75, 3.05) is 13.7 Å². The van der Waals surface area contributed by atoms with Gasteiger partial charge in [-0.05, 0) is 56.4 Å². The number of hydrogen-bond acceptors (Lipinski definition) is 3. The molecule has 2 N–H and O–H groups in total. The molecule has 0 aromatic heterocycles. The van der Waals surface area contributed by atoms with Crippen molar-refractivity contribution in [2.24, 2.45) is 11.1 Å². The van der Waals surface area contributed by atoms with E-state index in [1.54, 1.807) is 7.11 Å². The number of carbonyl (C=O) groups excluding carboxylic acids is 1. The van der Waals surface area contributed by atoms with Gasteiger partial charge in [0.1, 0.15) is 5.75 Å². The maximum absolute atomic E-state index is 12.8. The Morgan fingerprint density at radius 2 is 1.95 bits per heavy atom. The third-order valence-electron chi connectivity index (χ3n) is 4.66. The maximum Gasteiger partial charge on any atom is 0.170 e. The van der Waals surface area contributed by atoms with Gasteiger partial charge in [-0.3, -0.25) is 4.79 Å². The Hall–Kier alpha value is -1.35. The van der Waals surface area contributed by atoms with Gasteiger partial charge in [-0.25, -0.2) is 0 Å². The lowest BCUT2D eigenvalue weighted by atomic mass is 9.64. The fourth-order valence-electron chi connectivity index (χ4n) is 3.02. The van der Waals surface area contributed by atoms with Gasteiger partial charge in [0, 0.05) is 17.5 Å². The fourth-order valence-corrected chi connectivity index (χ4v) is 3.02. The predicted octanol–water partition coefficient (Wildman–Crippen LogP) is 2.93. The number of aryl methyl sites for hydroxylation is 1. The highest BCUT2D eigenvalue weighted by Gasteiger charge is 2.43. The molecule has 1 aromatic carbocycles. The number of ketones is 1. The van der Waals surface area contributed by atoms with Gasteiger partial charge in [-0.15, -0.1) is 0 Å². The number of carbonyl (C=O) groups is 1. The van der Waals surface area contributed by atoms with Crippen LogP contribution in [0.1, 0.15) is 46.3 Å². The molecule has 0 radical (unpaired) electrons. The summed E-state index contributed by atoms with van der Waals surface area (Å²) in [4.78, 5) is 12.8. The van der Waals surface area contributed by atoms with Crippen LogP contribution in [-0.4, -0.2) is 19.4 Å². The summed E-state index contributed by atoms with van der Waals surface area (Å²) in [5.41, 5.74) is 9.44. The summed E-state index contributed by atoms with van der Waals surface area (Å²) < 4.78 is 5.41. The smallest absolute Gasteiger partial charge is 0.170 e. The Bertz CT molecular complexity index is 510. The van der Waals surface area contributed by atoms with Gasteiger partial charge in [0.25, 0.3) is 0 Å². The zero-order chi connectivity index (χ0) is 14.2. The van der Waals surface area contributed by atoms with E-state index in [0.717, 1.165) is 47.3 Å². The van der Waals surface area contributed by atoms with Crippen LogP contribution in [0.15, 0.2) is 6.07 Å². The standard InChI is InChI=1S/C16H23NO2/c1-10-8-13(11(2)12(3)14(10)19-4)15(18)16(9-17)6-5-7-16/h8H,5-7,9,17H2,1-4H3. The number of Topliss-reactive ketones (excluding diaryl/α,β-unsaturated/α-hetero) is 1. The highest BCUT2D eigenvalue weighted by Crippen LogP contribution is 2.44. The summed E-state index contributed by atoms with van der Waals surface area (Å²) in [7, 11) is 1.67. The van der Waals surface area contributed by atoms with E-state index in [4.69, 9.17) is 10.5 Å². The normalized spacial score (nSPS) is 16.9. The van der Waals surface area contributed by atoms with E-state index >= 15 is 0 Å². The molecule has 3 nitrogen and oxygen atoms in total. The molecule has 0 aliphatic heterocycles. The molecule has 3 heteroatoms. The highest BCUT2D eigenvalue weighted by atomic mass is 16.5. The highest BCUT2D eigenvalue weighted by molar-refractivity contribution is 6.03. The van der Waals surface area contributed by atoms with Gasteiger partial charge in [0.15, 0.2) is 5.78 Å². The van der Waals surface area contributed by atoms with Gasteiger partial charge < -0.3 is 10.5 Å². The molecule has 1 fully saturated rings.